The maximum absolute atomic E-state index is 12.3. The topological polar surface area (TPSA) is 87.1 Å². The van der Waals surface area contributed by atoms with Gasteiger partial charge in [0.15, 0.2) is 11.2 Å². The number of aryl methyl sites for hydroxylation is 2. The lowest BCUT2D eigenvalue weighted by molar-refractivity contribution is 0.0933. The Labute approximate surface area is 145 Å². The highest BCUT2D eigenvalue weighted by molar-refractivity contribution is 5.91. The standard InChI is InChI=1S/C19H21N3O3/c1-11-6-12(2)18-15(7-11)16(23)8-13(22-18)9-21-10-14-4-5-17(25-14)19(24)20-3/h4-8,21H,9-10H2,1-3H3,(H,20,24)(H,22,23). The molecule has 130 valence electrons. The summed E-state index contributed by atoms with van der Waals surface area (Å²) >= 11 is 0. The molecule has 0 aliphatic rings. The van der Waals surface area contributed by atoms with Gasteiger partial charge in [-0.05, 0) is 43.2 Å². The molecule has 2 aromatic heterocycles. The van der Waals surface area contributed by atoms with Crippen molar-refractivity contribution in [2.45, 2.75) is 26.9 Å². The second kappa shape index (κ2) is 6.94. The van der Waals surface area contributed by atoms with Crippen molar-refractivity contribution in [3.63, 3.8) is 0 Å². The number of nitrogens with one attached hydrogen (secondary N) is 3. The summed E-state index contributed by atoms with van der Waals surface area (Å²) in [6.07, 6.45) is 0. The summed E-state index contributed by atoms with van der Waals surface area (Å²) in [6, 6.07) is 8.97. The monoisotopic (exact) mass is 339 g/mol. The van der Waals surface area contributed by atoms with E-state index in [0.717, 1.165) is 22.3 Å². The predicted molar refractivity (Wildman–Crippen MR) is 96.7 cm³/mol. The van der Waals surface area contributed by atoms with Gasteiger partial charge in [-0.3, -0.25) is 9.59 Å². The Morgan fingerprint density at radius 3 is 2.72 bits per heavy atom. The zero-order chi connectivity index (χ0) is 18.0. The molecule has 2 heterocycles. The van der Waals surface area contributed by atoms with E-state index in [1.807, 2.05) is 19.9 Å². The van der Waals surface area contributed by atoms with E-state index in [4.69, 9.17) is 4.42 Å². The number of H-pyrrole nitrogens is 1. The van der Waals surface area contributed by atoms with E-state index >= 15 is 0 Å². The molecule has 0 aliphatic carbocycles. The van der Waals surface area contributed by atoms with Crippen LogP contribution >= 0.6 is 0 Å². The number of benzene rings is 1. The van der Waals surface area contributed by atoms with Crippen molar-refractivity contribution < 1.29 is 9.21 Å². The molecule has 0 fully saturated rings. The Hall–Kier alpha value is -2.86. The molecule has 3 N–H and O–H groups in total. The zero-order valence-electron chi connectivity index (χ0n) is 14.5. The first-order valence-corrected chi connectivity index (χ1v) is 8.12. The number of pyridine rings is 1. The van der Waals surface area contributed by atoms with E-state index < -0.39 is 0 Å². The summed E-state index contributed by atoms with van der Waals surface area (Å²) < 4.78 is 5.45. The van der Waals surface area contributed by atoms with Crippen molar-refractivity contribution in [1.29, 1.82) is 0 Å². The molecule has 0 aliphatic heterocycles. The minimum Gasteiger partial charge on any atom is -0.455 e. The van der Waals surface area contributed by atoms with Gasteiger partial charge in [0.25, 0.3) is 5.91 Å². The molecule has 0 bridgehead atoms. The number of fused-ring (bicyclic) bond motifs is 1. The number of carbonyl (C=O) groups excluding carboxylic acids is 1. The van der Waals surface area contributed by atoms with Crippen molar-refractivity contribution in [3.8, 4) is 0 Å². The van der Waals surface area contributed by atoms with Gasteiger partial charge in [0.1, 0.15) is 5.76 Å². The molecule has 6 heteroatoms. The first-order chi connectivity index (χ1) is 12.0. The highest BCUT2D eigenvalue weighted by Gasteiger charge is 2.09. The van der Waals surface area contributed by atoms with Crippen LogP contribution in [0.2, 0.25) is 0 Å². The Kier molecular flexibility index (Phi) is 4.72. The van der Waals surface area contributed by atoms with Gasteiger partial charge in [-0.1, -0.05) is 6.07 Å². The summed E-state index contributed by atoms with van der Waals surface area (Å²) in [5.41, 5.74) is 3.82. The van der Waals surface area contributed by atoms with Gasteiger partial charge in [-0.15, -0.1) is 0 Å². The predicted octanol–water partition coefficient (Wildman–Crippen LogP) is 2.39. The smallest absolute Gasteiger partial charge is 0.286 e. The first kappa shape index (κ1) is 17.0. The van der Waals surface area contributed by atoms with Crippen LogP contribution in [-0.2, 0) is 13.1 Å². The van der Waals surface area contributed by atoms with Crippen LogP contribution in [0.1, 0.15) is 33.1 Å². The van der Waals surface area contributed by atoms with Gasteiger partial charge >= 0.3 is 0 Å². The quantitative estimate of drug-likeness (QED) is 0.666. The summed E-state index contributed by atoms with van der Waals surface area (Å²) in [6.45, 7) is 4.93. The number of rotatable bonds is 5. The molecule has 0 saturated heterocycles. The van der Waals surface area contributed by atoms with E-state index in [1.165, 1.54) is 0 Å². The Morgan fingerprint density at radius 1 is 1.16 bits per heavy atom. The van der Waals surface area contributed by atoms with Gasteiger partial charge in [0.05, 0.1) is 12.1 Å². The number of hydrogen-bond acceptors (Lipinski definition) is 4. The van der Waals surface area contributed by atoms with Crippen molar-refractivity contribution >= 4 is 16.8 Å². The SMILES string of the molecule is CNC(=O)c1ccc(CNCc2cc(=O)c3cc(C)cc(C)c3[nH]2)o1. The van der Waals surface area contributed by atoms with Crippen LogP contribution in [-0.4, -0.2) is 17.9 Å². The molecule has 3 aromatic rings. The Bertz CT molecular complexity index is 985. The van der Waals surface area contributed by atoms with Crippen LogP contribution in [0.5, 0.6) is 0 Å². The molecule has 1 aromatic carbocycles. The highest BCUT2D eigenvalue weighted by atomic mass is 16.4. The molecule has 3 rings (SSSR count). The van der Waals surface area contributed by atoms with Gasteiger partial charge in [-0.2, -0.15) is 0 Å². The molecule has 0 spiro atoms. The first-order valence-electron chi connectivity index (χ1n) is 8.12. The molecule has 0 atom stereocenters. The van der Waals surface area contributed by atoms with Gasteiger partial charge in [-0.25, -0.2) is 0 Å². The molecule has 1 amide bonds. The van der Waals surface area contributed by atoms with Crippen molar-refractivity contribution in [3.05, 3.63) is 68.9 Å². The normalized spacial score (nSPS) is 11.0. The van der Waals surface area contributed by atoms with Crippen molar-refractivity contribution in [2.24, 2.45) is 0 Å². The summed E-state index contributed by atoms with van der Waals surface area (Å²) in [7, 11) is 1.56. The van der Waals surface area contributed by atoms with Crippen LogP contribution in [0.15, 0.2) is 39.5 Å². The van der Waals surface area contributed by atoms with Crippen LogP contribution in [0.3, 0.4) is 0 Å². The molecule has 0 radical (unpaired) electrons. The third kappa shape index (κ3) is 3.64. The zero-order valence-corrected chi connectivity index (χ0v) is 14.5. The van der Waals surface area contributed by atoms with Crippen LogP contribution in [0.25, 0.3) is 10.9 Å². The molecular weight excluding hydrogens is 318 g/mol. The molecule has 25 heavy (non-hydrogen) atoms. The lowest BCUT2D eigenvalue weighted by Crippen LogP contribution is -2.17. The Balaban J connectivity index is 1.72. The van der Waals surface area contributed by atoms with Gasteiger partial charge < -0.3 is 20.0 Å². The number of aromatic amines is 1. The molecule has 0 saturated carbocycles. The van der Waals surface area contributed by atoms with Gasteiger partial charge in [0, 0.05) is 30.7 Å². The molecule has 6 nitrogen and oxygen atoms in total. The third-order valence-corrected chi connectivity index (χ3v) is 4.06. The largest absolute Gasteiger partial charge is 0.455 e. The Morgan fingerprint density at radius 2 is 1.96 bits per heavy atom. The minimum atomic E-state index is -0.254. The number of furan rings is 1. The average Bonchev–Trinajstić information content (AvgIpc) is 3.04. The second-order valence-corrected chi connectivity index (χ2v) is 6.11. The number of amides is 1. The lowest BCUT2D eigenvalue weighted by atomic mass is 10.1. The highest BCUT2D eigenvalue weighted by Crippen LogP contribution is 2.16. The summed E-state index contributed by atoms with van der Waals surface area (Å²) in [5.74, 6) is 0.689. The fourth-order valence-electron chi connectivity index (χ4n) is 2.89. The fraction of sp³-hybridized carbons (Fsp3) is 0.263. The van der Waals surface area contributed by atoms with E-state index in [2.05, 4.69) is 21.7 Å². The fourth-order valence-corrected chi connectivity index (χ4v) is 2.89. The summed E-state index contributed by atoms with van der Waals surface area (Å²) in [4.78, 5) is 27.1. The lowest BCUT2D eigenvalue weighted by Gasteiger charge is -2.08. The van der Waals surface area contributed by atoms with Crippen LogP contribution in [0, 0.1) is 13.8 Å². The molecular formula is C19H21N3O3. The van der Waals surface area contributed by atoms with Gasteiger partial charge in [0.2, 0.25) is 0 Å². The maximum atomic E-state index is 12.3. The van der Waals surface area contributed by atoms with Crippen molar-refractivity contribution in [1.82, 2.24) is 15.6 Å². The van der Waals surface area contributed by atoms with E-state index in [1.54, 1.807) is 25.2 Å². The van der Waals surface area contributed by atoms with Crippen LogP contribution < -0.4 is 16.1 Å². The minimum absolute atomic E-state index is 0.0113. The van der Waals surface area contributed by atoms with Crippen LogP contribution in [0.4, 0.5) is 0 Å². The molecule has 0 unspecified atom stereocenters. The summed E-state index contributed by atoms with van der Waals surface area (Å²) in [5, 5.41) is 6.44. The number of carbonyl (C=O) groups is 1. The van der Waals surface area contributed by atoms with E-state index in [0.29, 0.717) is 24.2 Å². The number of hydrogen-bond donors (Lipinski definition) is 3. The average molecular weight is 339 g/mol. The number of aromatic nitrogens is 1. The van der Waals surface area contributed by atoms with Crippen molar-refractivity contribution in [2.75, 3.05) is 7.05 Å². The maximum Gasteiger partial charge on any atom is 0.286 e. The van der Waals surface area contributed by atoms with E-state index in [-0.39, 0.29) is 17.1 Å². The van der Waals surface area contributed by atoms with E-state index in [9.17, 15) is 9.59 Å². The second-order valence-electron chi connectivity index (χ2n) is 6.11. The third-order valence-electron chi connectivity index (χ3n) is 4.06.